The van der Waals surface area contributed by atoms with E-state index in [1.807, 2.05) is 0 Å². The van der Waals surface area contributed by atoms with Crippen LogP contribution >= 0.6 is 11.3 Å². The Hall–Kier alpha value is -2.60. The summed E-state index contributed by atoms with van der Waals surface area (Å²) < 4.78 is 10.7. The lowest BCUT2D eigenvalue weighted by Crippen LogP contribution is -2.08. The molecule has 100 valence electrons. The van der Waals surface area contributed by atoms with Crippen molar-refractivity contribution in [3.8, 4) is 11.5 Å². The summed E-state index contributed by atoms with van der Waals surface area (Å²) in [6, 6.07) is 10.7. The highest BCUT2D eigenvalue weighted by atomic mass is 32.1. The zero-order valence-electron chi connectivity index (χ0n) is 10.0. The Morgan fingerprint density at radius 3 is 2.80 bits per heavy atom. The predicted octanol–water partition coefficient (Wildman–Crippen LogP) is 2.78. The minimum Gasteiger partial charge on any atom is -0.507 e. The molecule has 0 fully saturated rings. The number of ether oxygens (including phenoxy) is 1. The quantitative estimate of drug-likeness (QED) is 0.579. The number of phenols is 1. The van der Waals surface area contributed by atoms with Crippen LogP contribution in [0.4, 0.5) is 0 Å². The molecule has 0 radical (unpaired) electrons. The van der Waals surface area contributed by atoms with Crippen LogP contribution in [-0.4, -0.2) is 11.1 Å². The molecule has 0 aliphatic carbocycles. The van der Waals surface area contributed by atoms with Gasteiger partial charge in [0.2, 0.25) is 0 Å². The van der Waals surface area contributed by atoms with Gasteiger partial charge in [0.05, 0.1) is 4.70 Å². The van der Waals surface area contributed by atoms with Crippen LogP contribution in [-0.2, 0) is 0 Å². The molecule has 3 rings (SSSR count). The van der Waals surface area contributed by atoms with Crippen molar-refractivity contribution in [2.45, 2.75) is 0 Å². The number of aromatic hydroxyl groups is 1. The van der Waals surface area contributed by atoms with Gasteiger partial charge in [0.1, 0.15) is 22.6 Å². The van der Waals surface area contributed by atoms with Gasteiger partial charge in [-0.2, -0.15) is 0 Å². The number of fused-ring (bicyclic) bond motifs is 1. The number of hydrogen-bond acceptors (Lipinski definition) is 6. The highest BCUT2D eigenvalue weighted by molar-refractivity contribution is 7.16. The fraction of sp³-hybridized carbons (Fsp3) is 0. The Morgan fingerprint density at radius 2 is 2.00 bits per heavy atom. The van der Waals surface area contributed by atoms with Gasteiger partial charge < -0.3 is 14.3 Å². The zero-order chi connectivity index (χ0) is 14.1. The van der Waals surface area contributed by atoms with Crippen molar-refractivity contribution in [1.29, 1.82) is 0 Å². The number of para-hydroxylation sites is 1. The summed E-state index contributed by atoms with van der Waals surface area (Å²) in [4.78, 5) is 22.6. The first-order chi connectivity index (χ1) is 9.63. The molecule has 0 aliphatic heterocycles. The third-order valence-electron chi connectivity index (χ3n) is 2.64. The summed E-state index contributed by atoms with van der Waals surface area (Å²) in [6.45, 7) is 0. The van der Waals surface area contributed by atoms with Crippen molar-refractivity contribution in [3.05, 3.63) is 57.8 Å². The summed E-state index contributed by atoms with van der Waals surface area (Å²) in [6.07, 6.45) is 0. The lowest BCUT2D eigenvalue weighted by molar-refractivity contribution is 0.0732. The number of carbonyl (C=O) groups is 1. The third-order valence-corrected chi connectivity index (χ3v) is 3.43. The maximum atomic E-state index is 11.9. The second kappa shape index (κ2) is 4.82. The minimum absolute atomic E-state index is 0.0768. The summed E-state index contributed by atoms with van der Waals surface area (Å²) in [7, 11) is 0. The van der Waals surface area contributed by atoms with E-state index in [0.29, 0.717) is 10.3 Å². The maximum absolute atomic E-state index is 11.9. The lowest BCUT2D eigenvalue weighted by atomic mass is 10.2. The largest absolute Gasteiger partial charge is 0.507 e. The molecule has 20 heavy (non-hydrogen) atoms. The first-order valence-electron chi connectivity index (χ1n) is 5.67. The van der Waals surface area contributed by atoms with Gasteiger partial charge >= 0.3 is 10.9 Å². The summed E-state index contributed by atoms with van der Waals surface area (Å²) in [5.74, 6) is -0.535. The topological polar surface area (TPSA) is 76.7 Å². The Balaban J connectivity index is 1.91. The SMILES string of the molecule is O=C(Oc1ccc2oc(=O)sc2c1)c1ccccc1O. The Morgan fingerprint density at radius 1 is 1.20 bits per heavy atom. The van der Waals surface area contributed by atoms with Gasteiger partial charge in [-0.15, -0.1) is 0 Å². The smallest absolute Gasteiger partial charge is 0.396 e. The molecule has 0 atom stereocenters. The predicted molar refractivity (Wildman–Crippen MR) is 73.4 cm³/mol. The van der Waals surface area contributed by atoms with Gasteiger partial charge in [-0.05, 0) is 24.3 Å². The van der Waals surface area contributed by atoms with Crippen LogP contribution in [0, 0.1) is 0 Å². The molecule has 0 spiro atoms. The van der Waals surface area contributed by atoms with Crippen molar-refractivity contribution in [2.75, 3.05) is 0 Å². The standard InChI is InChI=1S/C14H8O5S/c15-10-4-2-1-3-9(10)13(16)18-8-5-6-11-12(7-8)20-14(17)19-11/h1-7,15H. The number of esters is 1. The van der Waals surface area contributed by atoms with E-state index in [1.165, 1.54) is 18.2 Å². The maximum Gasteiger partial charge on any atom is 0.396 e. The van der Waals surface area contributed by atoms with Gasteiger partial charge in [-0.1, -0.05) is 23.5 Å². The average Bonchev–Trinajstić information content (AvgIpc) is 2.78. The molecule has 5 nitrogen and oxygen atoms in total. The van der Waals surface area contributed by atoms with Crippen LogP contribution in [0.15, 0.2) is 51.7 Å². The molecule has 0 amide bonds. The van der Waals surface area contributed by atoms with Crippen LogP contribution in [0.1, 0.15) is 10.4 Å². The molecule has 6 heteroatoms. The van der Waals surface area contributed by atoms with E-state index in [4.69, 9.17) is 9.15 Å². The van der Waals surface area contributed by atoms with E-state index in [0.717, 1.165) is 11.3 Å². The highest BCUT2D eigenvalue weighted by Gasteiger charge is 2.13. The van der Waals surface area contributed by atoms with Gasteiger partial charge in [0.15, 0.2) is 0 Å². The molecule has 0 saturated carbocycles. The molecule has 0 unspecified atom stereocenters. The van der Waals surface area contributed by atoms with Crippen molar-refractivity contribution in [3.63, 3.8) is 0 Å². The van der Waals surface area contributed by atoms with E-state index in [9.17, 15) is 14.7 Å². The molecule has 0 aliphatic rings. The summed E-state index contributed by atoms with van der Waals surface area (Å²) >= 11 is 0.929. The van der Waals surface area contributed by atoms with Gasteiger partial charge in [0, 0.05) is 6.07 Å². The highest BCUT2D eigenvalue weighted by Crippen LogP contribution is 2.24. The summed E-state index contributed by atoms with van der Waals surface area (Å²) in [5, 5.41) is 9.58. The Kier molecular flexibility index (Phi) is 3.00. The molecule has 1 heterocycles. The van der Waals surface area contributed by atoms with Crippen LogP contribution in [0.3, 0.4) is 0 Å². The van der Waals surface area contributed by atoms with Gasteiger partial charge in [0.25, 0.3) is 0 Å². The molecule has 2 aromatic carbocycles. The van der Waals surface area contributed by atoms with Crippen molar-refractivity contribution in [2.24, 2.45) is 0 Å². The average molecular weight is 288 g/mol. The molecule has 0 saturated heterocycles. The van der Waals surface area contributed by atoms with E-state index in [-0.39, 0.29) is 17.1 Å². The molecular formula is C14H8O5S. The van der Waals surface area contributed by atoms with Crippen molar-refractivity contribution in [1.82, 2.24) is 0 Å². The van der Waals surface area contributed by atoms with E-state index in [1.54, 1.807) is 24.3 Å². The molecular weight excluding hydrogens is 280 g/mol. The van der Waals surface area contributed by atoms with Crippen LogP contribution in [0.2, 0.25) is 0 Å². The van der Waals surface area contributed by atoms with Crippen LogP contribution in [0.5, 0.6) is 11.5 Å². The fourth-order valence-electron chi connectivity index (χ4n) is 1.72. The number of hydrogen-bond donors (Lipinski definition) is 1. The van der Waals surface area contributed by atoms with Crippen LogP contribution < -0.4 is 9.68 Å². The van der Waals surface area contributed by atoms with Crippen LogP contribution in [0.25, 0.3) is 10.3 Å². The minimum atomic E-state index is -0.668. The zero-order valence-corrected chi connectivity index (χ0v) is 10.8. The molecule has 1 N–H and O–H groups in total. The molecule has 0 bridgehead atoms. The second-order valence-corrected chi connectivity index (χ2v) is 4.95. The number of benzene rings is 2. The number of rotatable bonds is 2. The first-order valence-corrected chi connectivity index (χ1v) is 6.49. The normalized spacial score (nSPS) is 10.6. The van der Waals surface area contributed by atoms with Gasteiger partial charge in [-0.25, -0.2) is 9.59 Å². The van der Waals surface area contributed by atoms with Crippen molar-refractivity contribution < 1.29 is 19.1 Å². The number of carbonyl (C=O) groups excluding carboxylic acids is 1. The lowest BCUT2D eigenvalue weighted by Gasteiger charge is -2.05. The Bertz CT molecular complexity index is 846. The number of phenolic OH excluding ortho intramolecular Hbond substituents is 1. The van der Waals surface area contributed by atoms with E-state index >= 15 is 0 Å². The first kappa shape index (κ1) is 12.4. The van der Waals surface area contributed by atoms with E-state index in [2.05, 4.69) is 0 Å². The monoisotopic (exact) mass is 288 g/mol. The second-order valence-electron chi connectivity index (χ2n) is 3.97. The van der Waals surface area contributed by atoms with Crippen molar-refractivity contribution >= 4 is 27.6 Å². The fourth-order valence-corrected chi connectivity index (χ4v) is 2.42. The third kappa shape index (κ3) is 2.28. The molecule has 3 aromatic rings. The van der Waals surface area contributed by atoms with Gasteiger partial charge in [-0.3, -0.25) is 0 Å². The summed E-state index contributed by atoms with van der Waals surface area (Å²) in [5.41, 5.74) is 0.523. The Labute approximate surface area is 116 Å². The van der Waals surface area contributed by atoms with E-state index < -0.39 is 10.9 Å². The molecule has 1 aromatic heterocycles.